The van der Waals surface area contributed by atoms with E-state index in [1.807, 2.05) is 32.2 Å². The fraction of sp³-hybridized carbons (Fsp3) is 0.500. The summed E-state index contributed by atoms with van der Waals surface area (Å²) < 4.78 is 1.80. The Bertz CT molecular complexity index is 1420. The second-order valence-electron chi connectivity index (χ2n) is 11.6. The van der Waals surface area contributed by atoms with Gasteiger partial charge in [0.15, 0.2) is 0 Å². The summed E-state index contributed by atoms with van der Waals surface area (Å²) in [5.41, 5.74) is 5.86. The second-order valence-corrected chi connectivity index (χ2v) is 12.0. The minimum absolute atomic E-state index is 0. The van der Waals surface area contributed by atoms with E-state index >= 15 is 0 Å². The summed E-state index contributed by atoms with van der Waals surface area (Å²) in [4.78, 5) is 34.6. The maximum absolute atomic E-state index is 12.9. The predicted molar refractivity (Wildman–Crippen MR) is 149 cm³/mol. The number of hydrogen-bond donors (Lipinski definition) is 1. The molecule has 200 valence electrons. The Morgan fingerprint density at radius 3 is 2.58 bits per heavy atom. The standard InChI is InChI=1S/C28H31ClN6O2.ClH/c1-28(2)22-23(28)27(37)34(26(22)36)13-16-10-21-24(31-15-32-35(21)14-16)20-12-18(29)11-17-4-3-9-33(25(17)20)19-5-7-30-8-6-19;/h10-12,14-15,19,22-23,30H,3-9,13H2,1-2H3;1H. The van der Waals surface area contributed by atoms with E-state index in [2.05, 4.69) is 21.4 Å². The number of hydrogen-bond acceptors (Lipinski definition) is 6. The van der Waals surface area contributed by atoms with Gasteiger partial charge in [-0.3, -0.25) is 14.5 Å². The van der Waals surface area contributed by atoms with Gasteiger partial charge in [-0.05, 0) is 73.5 Å². The van der Waals surface area contributed by atoms with E-state index in [9.17, 15) is 9.59 Å². The van der Waals surface area contributed by atoms with Gasteiger partial charge in [0.05, 0.1) is 29.6 Å². The minimum Gasteiger partial charge on any atom is -0.368 e. The maximum Gasteiger partial charge on any atom is 0.233 e. The highest BCUT2D eigenvalue weighted by molar-refractivity contribution is 6.31. The number of nitrogens with one attached hydrogen (secondary N) is 1. The first-order valence-electron chi connectivity index (χ1n) is 13.3. The first-order chi connectivity index (χ1) is 17.8. The Morgan fingerprint density at radius 2 is 1.84 bits per heavy atom. The van der Waals surface area contributed by atoms with Crippen LogP contribution in [0.3, 0.4) is 0 Å². The molecule has 2 amide bonds. The molecule has 2 atom stereocenters. The third kappa shape index (κ3) is 3.83. The van der Waals surface area contributed by atoms with Crippen molar-refractivity contribution < 1.29 is 9.59 Å². The molecule has 8 nitrogen and oxygen atoms in total. The SMILES string of the molecule is CC1(C)C2C(=O)N(Cc3cc4c(-c5cc(Cl)cc6c5N(C5CCNCC5)CCC6)ncnn4c3)C(=O)C21.Cl. The molecule has 3 fully saturated rings. The smallest absolute Gasteiger partial charge is 0.233 e. The van der Waals surface area contributed by atoms with Crippen molar-refractivity contribution in [1.29, 1.82) is 0 Å². The summed E-state index contributed by atoms with van der Waals surface area (Å²) >= 11 is 6.65. The number of benzene rings is 1. The van der Waals surface area contributed by atoms with Crippen LogP contribution in [0.15, 0.2) is 30.7 Å². The van der Waals surface area contributed by atoms with Gasteiger partial charge < -0.3 is 10.2 Å². The van der Waals surface area contributed by atoms with Crippen LogP contribution in [0.5, 0.6) is 0 Å². The Hall–Kier alpha value is -2.68. The van der Waals surface area contributed by atoms with E-state index in [0.29, 0.717) is 11.1 Å². The molecule has 2 saturated heterocycles. The number of rotatable bonds is 4. The highest BCUT2D eigenvalue weighted by Gasteiger charge is 2.72. The van der Waals surface area contributed by atoms with Crippen molar-refractivity contribution in [2.45, 2.75) is 52.1 Å². The van der Waals surface area contributed by atoms with E-state index in [-0.39, 0.29) is 48.0 Å². The van der Waals surface area contributed by atoms with Crippen LogP contribution in [0, 0.1) is 17.3 Å². The molecule has 1 aliphatic carbocycles. The molecule has 3 aliphatic heterocycles. The number of aromatic nitrogens is 3. The molecule has 5 heterocycles. The van der Waals surface area contributed by atoms with Crippen LogP contribution in [0.25, 0.3) is 16.8 Å². The number of likely N-dealkylation sites (tertiary alicyclic amines) is 1. The van der Waals surface area contributed by atoms with E-state index in [0.717, 1.165) is 67.7 Å². The van der Waals surface area contributed by atoms with E-state index < -0.39 is 0 Å². The lowest BCUT2D eigenvalue weighted by Crippen LogP contribution is -2.45. The third-order valence-corrected chi connectivity index (χ3v) is 9.20. The second kappa shape index (κ2) is 9.21. The van der Waals surface area contributed by atoms with E-state index in [1.54, 1.807) is 10.8 Å². The van der Waals surface area contributed by atoms with Crippen LogP contribution < -0.4 is 10.2 Å². The molecule has 0 bridgehead atoms. The van der Waals surface area contributed by atoms with Crippen molar-refractivity contribution in [2.24, 2.45) is 17.3 Å². The molecule has 7 rings (SSSR count). The highest BCUT2D eigenvalue weighted by Crippen LogP contribution is 2.63. The summed E-state index contributed by atoms with van der Waals surface area (Å²) in [7, 11) is 0. The molecule has 1 saturated carbocycles. The maximum atomic E-state index is 12.9. The van der Waals surface area contributed by atoms with Gasteiger partial charge in [-0.25, -0.2) is 9.50 Å². The van der Waals surface area contributed by atoms with Gasteiger partial charge in [0, 0.05) is 35.1 Å². The number of nitrogens with zero attached hydrogens (tertiary/aromatic N) is 5. The number of imide groups is 1. The van der Waals surface area contributed by atoms with Gasteiger partial charge in [0.1, 0.15) is 6.33 Å². The fourth-order valence-electron chi connectivity index (χ4n) is 7.02. The molecule has 2 aromatic heterocycles. The Labute approximate surface area is 233 Å². The average molecular weight is 556 g/mol. The van der Waals surface area contributed by atoms with Crippen LogP contribution in [-0.4, -0.2) is 57.0 Å². The lowest BCUT2D eigenvalue weighted by Gasteiger charge is -2.41. The van der Waals surface area contributed by atoms with E-state index in [4.69, 9.17) is 16.6 Å². The summed E-state index contributed by atoms with van der Waals surface area (Å²) in [6, 6.07) is 6.63. The number of piperidine rings is 2. The minimum atomic E-state index is -0.208. The van der Waals surface area contributed by atoms with Gasteiger partial charge in [-0.1, -0.05) is 25.4 Å². The van der Waals surface area contributed by atoms with Gasteiger partial charge in [0.25, 0.3) is 0 Å². The van der Waals surface area contributed by atoms with Gasteiger partial charge >= 0.3 is 0 Å². The summed E-state index contributed by atoms with van der Waals surface area (Å²) in [6.45, 7) is 7.36. The molecule has 0 radical (unpaired) electrons. The van der Waals surface area contributed by atoms with Crippen LogP contribution in [-0.2, 0) is 22.6 Å². The topological polar surface area (TPSA) is 82.8 Å². The number of carbonyl (C=O) groups is 2. The summed E-state index contributed by atoms with van der Waals surface area (Å²) in [6.07, 6.45) is 7.82. The van der Waals surface area contributed by atoms with Crippen LogP contribution in [0.2, 0.25) is 5.02 Å². The van der Waals surface area contributed by atoms with Crippen molar-refractivity contribution in [3.8, 4) is 11.3 Å². The number of aryl methyl sites for hydroxylation is 1. The first kappa shape index (κ1) is 25.6. The zero-order valence-electron chi connectivity index (χ0n) is 21.6. The van der Waals surface area contributed by atoms with Gasteiger partial charge in [-0.2, -0.15) is 5.10 Å². The molecule has 38 heavy (non-hydrogen) atoms. The molecule has 2 unspecified atom stereocenters. The summed E-state index contributed by atoms with van der Waals surface area (Å²) in [5, 5.41) is 8.64. The number of anilines is 1. The number of carbonyl (C=O) groups excluding carboxylic acids is 2. The Kier molecular flexibility index (Phi) is 6.20. The predicted octanol–water partition coefficient (Wildman–Crippen LogP) is 4.12. The zero-order chi connectivity index (χ0) is 25.5. The quantitative estimate of drug-likeness (QED) is 0.488. The lowest BCUT2D eigenvalue weighted by atomic mass is 9.92. The monoisotopic (exact) mass is 554 g/mol. The van der Waals surface area contributed by atoms with E-state index in [1.165, 1.54) is 16.2 Å². The molecular weight excluding hydrogens is 523 g/mol. The third-order valence-electron chi connectivity index (χ3n) is 8.99. The van der Waals surface area contributed by atoms with Crippen molar-refractivity contribution >= 4 is 47.0 Å². The molecular formula is C28H32Cl2N6O2. The van der Waals surface area contributed by atoms with Crippen LogP contribution in [0.1, 0.15) is 44.2 Å². The van der Waals surface area contributed by atoms with Gasteiger partial charge in [0.2, 0.25) is 11.8 Å². The zero-order valence-corrected chi connectivity index (χ0v) is 23.2. The average Bonchev–Trinajstić information content (AvgIpc) is 3.13. The lowest BCUT2D eigenvalue weighted by molar-refractivity contribution is -0.143. The highest BCUT2D eigenvalue weighted by atomic mass is 35.5. The van der Waals surface area contributed by atoms with Crippen molar-refractivity contribution in [2.75, 3.05) is 24.5 Å². The van der Waals surface area contributed by atoms with Crippen LogP contribution in [0.4, 0.5) is 5.69 Å². The Balaban J connectivity index is 0.00000264. The molecule has 1 N–H and O–H groups in total. The van der Waals surface area contributed by atoms with Crippen molar-refractivity contribution in [3.63, 3.8) is 0 Å². The number of amides is 2. The Morgan fingerprint density at radius 1 is 1.11 bits per heavy atom. The first-order valence-corrected chi connectivity index (χ1v) is 13.7. The largest absolute Gasteiger partial charge is 0.368 e. The summed E-state index contributed by atoms with van der Waals surface area (Å²) in [5.74, 6) is -0.455. The normalized spacial score (nSPS) is 24.4. The molecule has 1 aromatic carbocycles. The van der Waals surface area contributed by atoms with Crippen LogP contribution >= 0.6 is 24.0 Å². The fourth-order valence-corrected chi connectivity index (χ4v) is 7.26. The number of halogens is 2. The van der Waals surface area contributed by atoms with Crippen molar-refractivity contribution in [1.82, 2.24) is 24.8 Å². The molecule has 0 spiro atoms. The van der Waals surface area contributed by atoms with Gasteiger partial charge in [-0.15, -0.1) is 12.4 Å². The van der Waals surface area contributed by atoms with Crippen molar-refractivity contribution in [3.05, 3.63) is 46.9 Å². The molecule has 10 heteroatoms. The molecule has 4 aliphatic rings. The number of fused-ring (bicyclic) bond motifs is 3. The molecule has 3 aromatic rings.